The largest absolute Gasteiger partial charge is 0.288 e. The first kappa shape index (κ1) is 12.0. The topological polar surface area (TPSA) is 49.9 Å². The lowest BCUT2D eigenvalue weighted by Gasteiger charge is -2.06. The number of hydrogen-bond donors (Lipinski definition) is 1. The fourth-order valence-corrected chi connectivity index (χ4v) is 4.95. The van der Waals surface area contributed by atoms with Crippen molar-refractivity contribution in [3.05, 3.63) is 69.2 Å². The van der Waals surface area contributed by atoms with Gasteiger partial charge in [-0.25, -0.2) is 0 Å². The predicted molar refractivity (Wildman–Crippen MR) is 103 cm³/mol. The molecule has 0 amide bonds. The highest BCUT2D eigenvalue weighted by Gasteiger charge is 2.24. The molecule has 0 aliphatic carbocycles. The maximum atomic E-state index is 12.5. The molecule has 25 heavy (non-hydrogen) atoms. The van der Waals surface area contributed by atoms with Crippen molar-refractivity contribution in [3.63, 3.8) is 0 Å². The maximum Gasteiger partial charge on any atom is 0.259 e. The Morgan fingerprint density at radius 2 is 0.800 bits per heavy atom. The number of hydrogen-bond acceptors (Lipinski definition) is 2. The minimum Gasteiger partial charge on any atom is -0.288 e. The predicted octanol–water partition coefficient (Wildman–Crippen LogP) is 4.41. The van der Waals surface area contributed by atoms with Crippen LogP contribution in [0, 0.1) is 0 Å². The molecule has 0 saturated carbocycles. The van der Waals surface area contributed by atoms with E-state index in [1.807, 2.05) is 12.1 Å². The van der Waals surface area contributed by atoms with Crippen LogP contribution < -0.4 is 11.1 Å². The van der Waals surface area contributed by atoms with Crippen LogP contribution in [0.15, 0.2) is 58.1 Å². The van der Waals surface area contributed by atoms with Crippen molar-refractivity contribution in [3.8, 4) is 0 Å². The molecule has 0 radical (unpaired) electrons. The van der Waals surface area contributed by atoms with Crippen LogP contribution in [-0.4, -0.2) is 4.98 Å². The van der Waals surface area contributed by atoms with E-state index in [1.54, 1.807) is 0 Å². The fraction of sp³-hybridized carbons (Fsp3) is 0. The first-order chi connectivity index (χ1) is 12.2. The minimum atomic E-state index is -0.288. The van der Waals surface area contributed by atoms with Gasteiger partial charge in [-0.15, -0.1) is 0 Å². The summed E-state index contributed by atoms with van der Waals surface area (Å²) in [4.78, 5) is 27.4. The maximum absolute atomic E-state index is 12.5. The van der Waals surface area contributed by atoms with Crippen LogP contribution in [0.5, 0.6) is 0 Å². The molecule has 0 fully saturated rings. The summed E-state index contributed by atoms with van der Waals surface area (Å²) in [7, 11) is 0. The fourth-order valence-electron chi connectivity index (χ4n) is 4.95. The lowest BCUT2D eigenvalue weighted by molar-refractivity contribution is 1.26. The van der Waals surface area contributed by atoms with Crippen molar-refractivity contribution >= 4 is 64.6 Å². The van der Waals surface area contributed by atoms with Crippen LogP contribution in [0.3, 0.4) is 0 Å². The number of H-pyrrole nitrogens is 1. The van der Waals surface area contributed by atoms with Gasteiger partial charge in [0.2, 0.25) is 0 Å². The zero-order valence-corrected chi connectivity index (χ0v) is 12.9. The van der Waals surface area contributed by atoms with Crippen LogP contribution in [0.2, 0.25) is 0 Å². The Labute approximate surface area is 139 Å². The molecule has 0 atom stereocenters. The van der Waals surface area contributed by atoms with Gasteiger partial charge in [0.25, 0.3) is 11.1 Å². The molecule has 1 aromatic heterocycles. The Bertz CT molecular complexity index is 1600. The summed E-state index contributed by atoms with van der Waals surface area (Å²) >= 11 is 0. The van der Waals surface area contributed by atoms with E-state index in [9.17, 15) is 9.59 Å². The van der Waals surface area contributed by atoms with E-state index in [0.29, 0.717) is 10.8 Å². The van der Waals surface area contributed by atoms with Crippen LogP contribution in [0.25, 0.3) is 64.6 Å². The molecule has 0 aliphatic rings. The van der Waals surface area contributed by atoms with Crippen molar-refractivity contribution in [2.45, 2.75) is 0 Å². The number of aromatic nitrogens is 1. The van der Waals surface area contributed by atoms with Crippen LogP contribution in [0.1, 0.15) is 0 Å². The van der Waals surface area contributed by atoms with Gasteiger partial charge in [0.1, 0.15) is 0 Å². The highest BCUT2D eigenvalue weighted by molar-refractivity contribution is 6.48. The Balaban J connectivity index is 2.12. The Hall–Kier alpha value is -3.46. The van der Waals surface area contributed by atoms with E-state index in [1.165, 1.54) is 32.3 Å². The third kappa shape index (κ3) is 1.09. The first-order valence-corrected chi connectivity index (χ1v) is 8.30. The summed E-state index contributed by atoms with van der Waals surface area (Å²) < 4.78 is 0. The molecule has 0 unspecified atom stereocenters. The highest BCUT2D eigenvalue weighted by Crippen LogP contribution is 2.49. The molecule has 1 heterocycles. The monoisotopic (exact) mass is 319 g/mol. The molecule has 0 saturated heterocycles. The van der Waals surface area contributed by atoms with Gasteiger partial charge in [0.15, 0.2) is 0 Å². The molecular weight excluding hydrogens is 310 g/mol. The van der Waals surface area contributed by atoms with Gasteiger partial charge in [-0.05, 0) is 53.9 Å². The summed E-state index contributed by atoms with van der Waals surface area (Å²) in [6.45, 7) is 0. The molecule has 7 aromatic rings. The van der Waals surface area contributed by atoms with Crippen LogP contribution in [-0.2, 0) is 0 Å². The summed E-state index contributed by atoms with van der Waals surface area (Å²) in [5, 5.41) is 12.3. The van der Waals surface area contributed by atoms with Crippen molar-refractivity contribution in [1.82, 2.24) is 4.98 Å². The van der Waals surface area contributed by atoms with E-state index in [4.69, 9.17) is 0 Å². The Kier molecular flexibility index (Phi) is 1.66. The molecule has 1 N–H and O–H groups in total. The van der Waals surface area contributed by atoms with Gasteiger partial charge < -0.3 is 0 Å². The summed E-state index contributed by atoms with van der Waals surface area (Å²) in [6.07, 6.45) is 0. The normalized spacial score (nSPS) is 13.1. The van der Waals surface area contributed by atoms with Crippen molar-refractivity contribution < 1.29 is 0 Å². The third-order valence-electron chi connectivity index (χ3n) is 5.87. The molecule has 0 aliphatic heterocycles. The van der Waals surface area contributed by atoms with Gasteiger partial charge in [0.05, 0.1) is 10.8 Å². The van der Waals surface area contributed by atoms with Crippen molar-refractivity contribution in [1.29, 1.82) is 0 Å². The molecule has 3 nitrogen and oxygen atoms in total. The second-order valence-corrected chi connectivity index (χ2v) is 6.93. The highest BCUT2D eigenvalue weighted by atomic mass is 16.2. The molecule has 6 aromatic carbocycles. The molecule has 0 spiro atoms. The minimum absolute atomic E-state index is 0.288. The summed E-state index contributed by atoms with van der Waals surface area (Å²) in [5.74, 6) is 0. The van der Waals surface area contributed by atoms with E-state index in [-0.39, 0.29) is 11.1 Å². The second kappa shape index (κ2) is 3.47. The number of aromatic amines is 1. The van der Waals surface area contributed by atoms with Gasteiger partial charge in [-0.2, -0.15) is 0 Å². The van der Waals surface area contributed by atoms with E-state index >= 15 is 0 Å². The third-order valence-corrected chi connectivity index (χ3v) is 5.87. The van der Waals surface area contributed by atoms with Crippen molar-refractivity contribution in [2.75, 3.05) is 0 Å². The van der Waals surface area contributed by atoms with E-state index in [0.717, 1.165) is 21.5 Å². The molecule has 114 valence electrons. The smallest absolute Gasteiger partial charge is 0.259 e. The lowest BCUT2D eigenvalue weighted by Crippen LogP contribution is -2.05. The molecule has 7 rings (SSSR count). The lowest BCUT2D eigenvalue weighted by atomic mass is 9.95. The number of nitrogens with one attached hydrogen (secondary N) is 1. The summed E-state index contributed by atoms with van der Waals surface area (Å²) in [5.41, 5.74) is -0.575. The SMILES string of the molecule is O=c1[nH]c(=O)c2c3ccc4ccc5ccc6ccc(c12)c1c6c5c4c31. The zero-order chi connectivity index (χ0) is 16.4. The van der Waals surface area contributed by atoms with E-state index < -0.39 is 0 Å². The van der Waals surface area contributed by atoms with E-state index in [2.05, 4.69) is 41.4 Å². The zero-order valence-electron chi connectivity index (χ0n) is 12.9. The standard InChI is InChI=1S/C22H9NO2/c24-21-19-12-7-5-10-3-1-9-2-4-11-6-8-13(20(19)22(25)23-21)18-16(11)14(9)15(10)17(12)18/h1-8H,(H,23,24,25). The summed E-state index contributed by atoms with van der Waals surface area (Å²) in [6, 6.07) is 16.7. The van der Waals surface area contributed by atoms with Gasteiger partial charge in [-0.1, -0.05) is 48.5 Å². The average Bonchev–Trinajstić information content (AvgIpc) is 3.14. The number of benzene rings is 5. The molecule has 3 heteroatoms. The van der Waals surface area contributed by atoms with Gasteiger partial charge in [0, 0.05) is 0 Å². The van der Waals surface area contributed by atoms with Gasteiger partial charge in [-0.3, -0.25) is 14.6 Å². The number of fused-ring (bicyclic) bond motifs is 3. The molecular formula is C22H9NO2. The Morgan fingerprint density at radius 3 is 1.24 bits per heavy atom. The first-order valence-electron chi connectivity index (χ1n) is 8.30. The second-order valence-electron chi connectivity index (χ2n) is 6.93. The van der Waals surface area contributed by atoms with Crippen molar-refractivity contribution in [2.24, 2.45) is 0 Å². The average molecular weight is 319 g/mol. The van der Waals surface area contributed by atoms with Crippen LogP contribution >= 0.6 is 0 Å². The van der Waals surface area contributed by atoms with Crippen LogP contribution in [0.4, 0.5) is 0 Å². The molecule has 0 bridgehead atoms. The quantitative estimate of drug-likeness (QED) is 0.421. The number of rotatable bonds is 0. The Morgan fingerprint density at radius 1 is 0.440 bits per heavy atom. The van der Waals surface area contributed by atoms with Gasteiger partial charge >= 0.3 is 0 Å².